The number of aromatic nitrogens is 1. The number of carbonyl (C=O) groups excluding carboxylic acids is 1. The van der Waals surface area contributed by atoms with Gasteiger partial charge in [-0.05, 0) is 74.4 Å². The summed E-state index contributed by atoms with van der Waals surface area (Å²) in [6, 6.07) is 28.4. The molecule has 5 rings (SSSR count). The fraction of sp³-hybridized carbons (Fsp3) is 0.333. The van der Waals surface area contributed by atoms with Crippen LogP contribution in [-0.4, -0.2) is 36.2 Å². The number of aliphatic hydroxyl groups is 1. The quantitative estimate of drug-likeness (QED) is 0.194. The first-order valence-corrected chi connectivity index (χ1v) is 15.9. The molecule has 0 spiro atoms. The van der Waals surface area contributed by atoms with Crippen molar-refractivity contribution in [2.24, 2.45) is 0 Å². The Morgan fingerprint density at radius 3 is 2.58 bits per heavy atom. The van der Waals surface area contributed by atoms with Gasteiger partial charge in [0.25, 0.3) is 5.91 Å². The number of anilines is 1. The van der Waals surface area contributed by atoms with Crippen molar-refractivity contribution in [2.75, 3.05) is 18.4 Å². The van der Waals surface area contributed by atoms with Gasteiger partial charge in [-0.1, -0.05) is 82.7 Å². The van der Waals surface area contributed by atoms with Gasteiger partial charge in [-0.15, -0.1) is 0 Å². The van der Waals surface area contributed by atoms with E-state index >= 15 is 0 Å². The number of nitrogens with one attached hydrogen (secondary N) is 3. The molecule has 0 aliphatic carbocycles. The molecule has 3 aromatic carbocycles. The van der Waals surface area contributed by atoms with E-state index in [9.17, 15) is 9.90 Å². The molecule has 0 unspecified atom stereocenters. The molecule has 1 amide bonds. The van der Waals surface area contributed by atoms with Crippen molar-refractivity contribution in [3.8, 4) is 0 Å². The number of aryl methyl sites for hydroxylation is 1. The lowest BCUT2D eigenvalue weighted by molar-refractivity contribution is -0.687. The van der Waals surface area contributed by atoms with E-state index in [4.69, 9.17) is 0 Å². The number of pyridine rings is 1. The highest BCUT2D eigenvalue weighted by Crippen LogP contribution is 2.24. The number of hydrogen-bond acceptors (Lipinski definition) is 4. The summed E-state index contributed by atoms with van der Waals surface area (Å²) in [7, 11) is 0. The number of aliphatic hydroxyl groups excluding tert-OH is 1. The first-order valence-electron chi connectivity index (χ1n) is 15.1. The molecule has 1 aromatic heterocycles. The van der Waals surface area contributed by atoms with E-state index in [2.05, 4.69) is 105 Å². The van der Waals surface area contributed by atoms with E-state index in [0.29, 0.717) is 25.1 Å². The standard InChI is InChI=1S/C36H41BrN4O2/c1-36(2,30-15-9-16-31(37)21-30)39-22-34(42)33-19-28-14-8-13-26(18-28)10-6-7-17-38-32-20-29(35(43)40-33)24-41(25-32)23-27-11-4-3-5-12-27/h3-5,8-9,11-16,18,20-21,24-25,33-34,38-39,42H,6-7,10,17,19,22-23H2,1-2H3/p+1/t33-,34+/m0/s1. The zero-order valence-electron chi connectivity index (χ0n) is 25.0. The van der Waals surface area contributed by atoms with Crippen LogP contribution in [0.25, 0.3) is 0 Å². The van der Waals surface area contributed by atoms with E-state index in [1.807, 2.05) is 42.6 Å². The van der Waals surface area contributed by atoms with E-state index < -0.39 is 12.1 Å². The number of hydrogen-bond donors (Lipinski definition) is 4. The second kappa shape index (κ2) is 14.3. The molecule has 2 atom stereocenters. The molecule has 224 valence electrons. The van der Waals surface area contributed by atoms with Gasteiger partial charge in [-0.25, -0.2) is 0 Å². The van der Waals surface area contributed by atoms with E-state index in [1.165, 1.54) is 5.56 Å². The lowest BCUT2D eigenvalue weighted by atomic mass is 9.93. The van der Waals surface area contributed by atoms with Crippen LogP contribution in [0.5, 0.6) is 0 Å². The molecule has 1 aliphatic heterocycles. The Kier molecular flexibility index (Phi) is 10.3. The maximum absolute atomic E-state index is 13.8. The number of benzene rings is 3. The van der Waals surface area contributed by atoms with Gasteiger partial charge in [0.05, 0.1) is 17.8 Å². The van der Waals surface area contributed by atoms with Crippen LogP contribution in [-0.2, 0) is 24.9 Å². The summed E-state index contributed by atoms with van der Waals surface area (Å²) >= 11 is 3.57. The van der Waals surface area contributed by atoms with Gasteiger partial charge in [0.15, 0.2) is 18.9 Å². The molecule has 6 nitrogen and oxygen atoms in total. The van der Waals surface area contributed by atoms with Crippen molar-refractivity contribution in [3.05, 3.63) is 130 Å². The van der Waals surface area contributed by atoms with E-state index in [-0.39, 0.29) is 11.4 Å². The Labute approximate surface area is 263 Å². The van der Waals surface area contributed by atoms with E-state index in [1.54, 1.807) is 0 Å². The van der Waals surface area contributed by atoms with Crippen molar-refractivity contribution >= 4 is 27.5 Å². The van der Waals surface area contributed by atoms with Crippen molar-refractivity contribution in [1.82, 2.24) is 10.6 Å². The second-order valence-corrected chi connectivity index (χ2v) is 13.0. The Morgan fingerprint density at radius 2 is 1.77 bits per heavy atom. The van der Waals surface area contributed by atoms with Gasteiger partial charge >= 0.3 is 0 Å². The van der Waals surface area contributed by atoms with Gasteiger partial charge in [0, 0.05) is 28.7 Å². The molecule has 0 saturated heterocycles. The van der Waals surface area contributed by atoms with Gasteiger partial charge in [0.2, 0.25) is 0 Å². The van der Waals surface area contributed by atoms with Crippen molar-refractivity contribution in [3.63, 3.8) is 0 Å². The molecule has 4 N–H and O–H groups in total. The fourth-order valence-electron chi connectivity index (χ4n) is 5.61. The average Bonchev–Trinajstić information content (AvgIpc) is 3.00. The third-order valence-corrected chi connectivity index (χ3v) is 8.63. The number of amides is 1. The molecule has 1 aliphatic rings. The van der Waals surface area contributed by atoms with Crippen molar-refractivity contribution < 1.29 is 14.5 Å². The number of fused-ring (bicyclic) bond motifs is 4. The summed E-state index contributed by atoms with van der Waals surface area (Å²) in [6.45, 7) is 6.01. The zero-order chi connectivity index (χ0) is 30.2. The average molecular weight is 643 g/mol. The highest BCUT2D eigenvalue weighted by molar-refractivity contribution is 9.10. The first kappa shape index (κ1) is 30.9. The molecular weight excluding hydrogens is 600 g/mol. The summed E-state index contributed by atoms with van der Waals surface area (Å²) in [5.41, 5.74) is 5.75. The van der Waals surface area contributed by atoms with Crippen LogP contribution in [0.1, 0.15) is 59.3 Å². The molecule has 0 saturated carbocycles. The Hall–Kier alpha value is -3.52. The molecule has 43 heavy (non-hydrogen) atoms. The van der Waals surface area contributed by atoms with Crippen LogP contribution in [0.3, 0.4) is 0 Å². The molecule has 0 fully saturated rings. The SMILES string of the molecule is CC(C)(NC[C@@H](O)[C@@H]1Cc2cccc(c2)CCCCNc2cc(c[n+](Cc3ccccc3)c2)C(=O)N1)c1cccc(Br)c1. The minimum Gasteiger partial charge on any atom is -0.390 e. The van der Waals surface area contributed by atoms with E-state index in [0.717, 1.165) is 52.7 Å². The fourth-order valence-corrected chi connectivity index (χ4v) is 6.01. The van der Waals surface area contributed by atoms with Gasteiger partial charge in [0.1, 0.15) is 5.56 Å². The highest BCUT2D eigenvalue weighted by atomic mass is 79.9. The monoisotopic (exact) mass is 641 g/mol. The topological polar surface area (TPSA) is 77.3 Å². The van der Waals surface area contributed by atoms with Gasteiger partial charge in [-0.2, -0.15) is 4.57 Å². The maximum Gasteiger partial charge on any atom is 0.257 e. The van der Waals surface area contributed by atoms with Crippen LogP contribution in [0.2, 0.25) is 0 Å². The number of rotatable bonds is 7. The minimum atomic E-state index is -0.813. The molecule has 4 aromatic rings. The normalized spacial score (nSPS) is 16.7. The first-order chi connectivity index (χ1) is 20.7. The maximum atomic E-state index is 13.8. The Morgan fingerprint density at radius 1 is 0.977 bits per heavy atom. The summed E-state index contributed by atoms with van der Waals surface area (Å²) in [4.78, 5) is 13.8. The van der Waals surface area contributed by atoms with Crippen molar-refractivity contribution in [2.45, 2.75) is 63.8 Å². The zero-order valence-corrected chi connectivity index (χ0v) is 26.6. The minimum absolute atomic E-state index is 0.202. The van der Waals surface area contributed by atoms with Crippen molar-refractivity contribution in [1.29, 1.82) is 0 Å². The van der Waals surface area contributed by atoms with Crippen LogP contribution < -0.4 is 20.5 Å². The largest absolute Gasteiger partial charge is 0.390 e. The van der Waals surface area contributed by atoms with Gasteiger partial charge in [-0.3, -0.25) is 4.79 Å². The van der Waals surface area contributed by atoms with Crippen LogP contribution in [0.15, 0.2) is 102 Å². The molecule has 2 heterocycles. The van der Waals surface area contributed by atoms with Gasteiger partial charge < -0.3 is 21.1 Å². The summed E-state index contributed by atoms with van der Waals surface area (Å²) < 4.78 is 3.07. The summed E-state index contributed by atoms with van der Waals surface area (Å²) in [5.74, 6) is -0.202. The lowest BCUT2D eigenvalue weighted by Gasteiger charge is -2.31. The molecular formula is C36H42BrN4O2+. The van der Waals surface area contributed by atoms with Crippen LogP contribution in [0, 0.1) is 0 Å². The predicted molar refractivity (Wildman–Crippen MR) is 176 cm³/mol. The summed E-state index contributed by atoms with van der Waals surface area (Å²) in [5, 5.41) is 21.8. The van der Waals surface area contributed by atoms with Crippen LogP contribution >= 0.6 is 15.9 Å². The molecule has 4 bridgehead atoms. The number of halogens is 1. The Bertz CT molecular complexity index is 1520. The summed E-state index contributed by atoms with van der Waals surface area (Å²) in [6.07, 6.45) is 6.76. The smallest absolute Gasteiger partial charge is 0.257 e. The molecule has 7 heteroatoms. The predicted octanol–water partition coefficient (Wildman–Crippen LogP) is 5.76. The number of nitrogens with zero attached hydrogens (tertiary/aromatic N) is 1. The third-order valence-electron chi connectivity index (χ3n) is 8.14. The third kappa shape index (κ3) is 8.75. The molecule has 0 radical (unpaired) electrons. The highest BCUT2D eigenvalue weighted by Gasteiger charge is 2.27. The number of carbonyl (C=O) groups is 1. The van der Waals surface area contributed by atoms with Crippen LogP contribution in [0.4, 0.5) is 5.69 Å². The second-order valence-electron chi connectivity index (χ2n) is 12.0. The lowest BCUT2D eigenvalue weighted by Crippen LogP contribution is -2.51. The Balaban J connectivity index is 1.41.